The van der Waals surface area contributed by atoms with Crippen molar-refractivity contribution in [3.63, 3.8) is 0 Å². The molecular formula is C12H18N2O3. The Morgan fingerprint density at radius 3 is 2.82 bits per heavy atom. The summed E-state index contributed by atoms with van der Waals surface area (Å²) in [5.41, 5.74) is 0. The zero-order valence-corrected chi connectivity index (χ0v) is 9.79. The first-order valence-electron chi connectivity index (χ1n) is 6.35. The molecule has 2 amide bonds. The lowest BCUT2D eigenvalue weighted by Gasteiger charge is -2.42. The quantitative estimate of drug-likeness (QED) is 0.690. The summed E-state index contributed by atoms with van der Waals surface area (Å²) in [7, 11) is 0. The largest absolute Gasteiger partial charge is 0.394 e. The van der Waals surface area contributed by atoms with Gasteiger partial charge in [-0.1, -0.05) is 12.2 Å². The average molecular weight is 238 g/mol. The molecule has 4 rings (SSSR count). The summed E-state index contributed by atoms with van der Waals surface area (Å²) in [6.07, 6.45) is 7.97. The number of carbonyl (C=O) groups excluding carboxylic acids is 1. The second-order valence-electron chi connectivity index (χ2n) is 4.95. The molecule has 2 fully saturated rings. The molecule has 0 unspecified atom stereocenters. The Balaban J connectivity index is 1.72. The molecule has 1 N–H and O–H groups in total. The third-order valence-corrected chi connectivity index (χ3v) is 3.87. The smallest absolute Gasteiger partial charge is 0.344 e. The third kappa shape index (κ3) is 1.83. The summed E-state index contributed by atoms with van der Waals surface area (Å²) in [4.78, 5) is 19.7. The summed E-state index contributed by atoms with van der Waals surface area (Å²) < 4.78 is 0. The molecule has 17 heavy (non-hydrogen) atoms. The lowest BCUT2D eigenvalue weighted by Crippen LogP contribution is -2.54. The van der Waals surface area contributed by atoms with E-state index in [2.05, 4.69) is 6.08 Å². The van der Waals surface area contributed by atoms with Gasteiger partial charge in [0.25, 0.3) is 0 Å². The van der Waals surface area contributed by atoms with E-state index >= 15 is 0 Å². The molecule has 94 valence electrons. The predicted octanol–water partition coefficient (Wildman–Crippen LogP) is 0.897. The van der Waals surface area contributed by atoms with Gasteiger partial charge in [-0.2, -0.15) is 5.06 Å². The van der Waals surface area contributed by atoms with E-state index in [-0.39, 0.29) is 30.8 Å². The molecular weight excluding hydrogens is 220 g/mol. The van der Waals surface area contributed by atoms with Crippen LogP contribution in [-0.4, -0.2) is 52.4 Å². The predicted molar refractivity (Wildman–Crippen MR) is 61.1 cm³/mol. The van der Waals surface area contributed by atoms with E-state index in [1.165, 1.54) is 5.06 Å². The number of aliphatic hydroxyl groups is 1. The minimum Gasteiger partial charge on any atom is -0.394 e. The molecule has 0 radical (unpaired) electrons. The van der Waals surface area contributed by atoms with E-state index < -0.39 is 0 Å². The van der Waals surface area contributed by atoms with Crippen molar-refractivity contribution in [3.8, 4) is 0 Å². The molecule has 0 aromatic rings. The van der Waals surface area contributed by atoms with Crippen LogP contribution >= 0.6 is 0 Å². The van der Waals surface area contributed by atoms with Crippen LogP contribution in [-0.2, 0) is 4.84 Å². The number of amides is 2. The summed E-state index contributed by atoms with van der Waals surface area (Å²) in [5, 5.41) is 10.8. The number of nitrogens with zero attached hydrogens (tertiary/aromatic N) is 2. The number of urea groups is 1. The van der Waals surface area contributed by atoms with Gasteiger partial charge in [0.05, 0.1) is 18.7 Å². The molecule has 0 spiro atoms. The summed E-state index contributed by atoms with van der Waals surface area (Å²) in [6.45, 7) is 0.772. The van der Waals surface area contributed by atoms with Crippen LogP contribution < -0.4 is 0 Å². The van der Waals surface area contributed by atoms with Crippen LogP contribution in [0.4, 0.5) is 4.79 Å². The Morgan fingerprint density at radius 2 is 2.24 bits per heavy atom. The molecule has 5 heteroatoms. The van der Waals surface area contributed by atoms with Gasteiger partial charge in [0, 0.05) is 6.54 Å². The van der Waals surface area contributed by atoms with Gasteiger partial charge < -0.3 is 10.0 Å². The third-order valence-electron chi connectivity index (χ3n) is 3.87. The van der Waals surface area contributed by atoms with E-state index in [9.17, 15) is 9.90 Å². The van der Waals surface area contributed by atoms with Crippen molar-refractivity contribution in [2.45, 2.75) is 43.9 Å². The van der Waals surface area contributed by atoms with E-state index in [0.29, 0.717) is 0 Å². The fourth-order valence-corrected chi connectivity index (χ4v) is 2.88. The van der Waals surface area contributed by atoms with Crippen LogP contribution in [0.5, 0.6) is 0 Å². The fraction of sp³-hybridized carbons (Fsp3) is 0.750. The molecule has 5 nitrogen and oxygen atoms in total. The van der Waals surface area contributed by atoms with Gasteiger partial charge in [0.1, 0.15) is 6.10 Å². The van der Waals surface area contributed by atoms with E-state index in [1.807, 2.05) is 6.08 Å². The SMILES string of the molecule is O=C(N1CCC[C@H]1CO)N1O[C@H]2C=C[C@@H]1CC2. The number of aliphatic hydroxyl groups excluding tert-OH is 1. The highest BCUT2D eigenvalue weighted by atomic mass is 16.7. The Morgan fingerprint density at radius 1 is 1.35 bits per heavy atom. The van der Waals surface area contributed by atoms with Gasteiger partial charge in [-0.05, 0) is 25.7 Å². The summed E-state index contributed by atoms with van der Waals surface area (Å²) >= 11 is 0. The van der Waals surface area contributed by atoms with Gasteiger partial charge in [-0.3, -0.25) is 4.84 Å². The van der Waals surface area contributed by atoms with Crippen LogP contribution in [0.25, 0.3) is 0 Å². The van der Waals surface area contributed by atoms with Crippen molar-refractivity contribution in [2.24, 2.45) is 0 Å². The highest BCUT2D eigenvalue weighted by molar-refractivity contribution is 5.75. The van der Waals surface area contributed by atoms with Gasteiger partial charge >= 0.3 is 6.03 Å². The van der Waals surface area contributed by atoms with E-state index in [4.69, 9.17) is 4.84 Å². The molecule has 3 atom stereocenters. The van der Waals surface area contributed by atoms with Gasteiger partial charge in [-0.25, -0.2) is 4.79 Å². The topological polar surface area (TPSA) is 53.0 Å². The number of hydrogen-bond donors (Lipinski definition) is 1. The first-order valence-corrected chi connectivity index (χ1v) is 6.35. The molecule has 3 heterocycles. The van der Waals surface area contributed by atoms with Gasteiger partial charge in [0.15, 0.2) is 0 Å². The molecule has 0 aromatic carbocycles. The van der Waals surface area contributed by atoms with Crippen molar-refractivity contribution in [1.29, 1.82) is 0 Å². The Labute approximate surface area is 101 Å². The highest BCUT2D eigenvalue weighted by Crippen LogP contribution is 2.30. The molecule has 4 aliphatic rings. The van der Waals surface area contributed by atoms with Crippen molar-refractivity contribution >= 4 is 6.03 Å². The van der Waals surface area contributed by atoms with Crippen molar-refractivity contribution < 1.29 is 14.7 Å². The van der Waals surface area contributed by atoms with Crippen LogP contribution in [0.2, 0.25) is 0 Å². The summed E-state index contributed by atoms with van der Waals surface area (Å²) in [5.74, 6) is 0. The number of carbonyl (C=O) groups is 1. The van der Waals surface area contributed by atoms with E-state index in [0.717, 1.165) is 32.2 Å². The lowest BCUT2D eigenvalue weighted by atomic mass is 9.98. The zero-order chi connectivity index (χ0) is 11.8. The molecule has 2 bridgehead atoms. The Hall–Kier alpha value is -1.07. The van der Waals surface area contributed by atoms with Crippen LogP contribution in [0.15, 0.2) is 12.2 Å². The Kier molecular flexibility index (Phi) is 2.80. The molecule has 0 aromatic heterocycles. The zero-order valence-electron chi connectivity index (χ0n) is 9.79. The number of likely N-dealkylation sites (tertiary alicyclic amines) is 1. The second kappa shape index (κ2) is 4.31. The standard InChI is InChI=1S/C12H18N2O3/c15-8-10-2-1-7-13(10)12(16)14-9-3-5-11(17-14)6-4-9/h3,5,9-11,15H,1-2,4,6-8H2/t9-,10+,11+/m1/s1. The minimum atomic E-state index is -0.0828. The average Bonchev–Trinajstić information content (AvgIpc) is 2.87. The van der Waals surface area contributed by atoms with Gasteiger partial charge in [0.2, 0.25) is 0 Å². The summed E-state index contributed by atoms with van der Waals surface area (Å²) in [6, 6.07) is -0.0384. The molecule has 2 saturated heterocycles. The maximum Gasteiger partial charge on any atom is 0.344 e. The van der Waals surface area contributed by atoms with Crippen LogP contribution in [0.3, 0.4) is 0 Å². The van der Waals surface area contributed by atoms with Crippen molar-refractivity contribution in [2.75, 3.05) is 13.2 Å². The second-order valence-corrected chi connectivity index (χ2v) is 4.95. The minimum absolute atomic E-state index is 0.0319. The van der Waals surface area contributed by atoms with Crippen LogP contribution in [0.1, 0.15) is 25.7 Å². The van der Waals surface area contributed by atoms with E-state index in [1.54, 1.807) is 4.90 Å². The number of hydroxylamine groups is 2. The first-order chi connectivity index (χ1) is 8.29. The maximum absolute atomic E-state index is 12.3. The fourth-order valence-electron chi connectivity index (χ4n) is 2.88. The maximum atomic E-state index is 12.3. The lowest BCUT2D eigenvalue weighted by molar-refractivity contribution is -0.201. The Bertz CT molecular complexity index is 345. The normalized spacial score (nSPS) is 35.7. The molecule has 0 saturated carbocycles. The van der Waals surface area contributed by atoms with Gasteiger partial charge in [-0.15, -0.1) is 0 Å². The van der Waals surface area contributed by atoms with Crippen LogP contribution in [0, 0.1) is 0 Å². The number of rotatable bonds is 1. The first kappa shape index (κ1) is 11.0. The van der Waals surface area contributed by atoms with Crippen molar-refractivity contribution in [3.05, 3.63) is 12.2 Å². The van der Waals surface area contributed by atoms with Crippen molar-refractivity contribution in [1.82, 2.24) is 9.96 Å². The highest BCUT2D eigenvalue weighted by Gasteiger charge is 2.39. The number of hydrogen-bond acceptors (Lipinski definition) is 3. The molecule has 1 aliphatic carbocycles. The monoisotopic (exact) mass is 238 g/mol. The number of fused-ring (bicyclic) bond motifs is 2. The molecule has 3 aliphatic heterocycles.